The molecule has 2 aromatic rings. The van der Waals surface area contributed by atoms with Crippen molar-refractivity contribution in [3.63, 3.8) is 0 Å². The molecule has 0 saturated heterocycles. The highest BCUT2D eigenvalue weighted by atomic mass is 79.9. The molecule has 0 heterocycles. The lowest BCUT2D eigenvalue weighted by molar-refractivity contribution is 0.0304. The van der Waals surface area contributed by atoms with Gasteiger partial charge in [-0.05, 0) is 104 Å². The minimum absolute atomic E-state index is 0.0817. The third-order valence-electron chi connectivity index (χ3n) is 9.25. The van der Waals surface area contributed by atoms with Crippen LogP contribution in [0, 0.1) is 28.1 Å². The van der Waals surface area contributed by atoms with E-state index in [0.717, 1.165) is 72.9 Å². The Morgan fingerprint density at radius 2 is 1.46 bits per heavy atom. The van der Waals surface area contributed by atoms with E-state index in [1.165, 1.54) is 50.5 Å². The van der Waals surface area contributed by atoms with Crippen LogP contribution in [0.1, 0.15) is 119 Å². The molecule has 0 unspecified atom stereocenters. The molecule has 0 spiro atoms. The number of rotatable bonds is 12. The molecule has 37 heavy (non-hydrogen) atoms. The number of hydrogen-bond acceptors (Lipinski definition) is 3. The van der Waals surface area contributed by atoms with Crippen molar-refractivity contribution in [2.75, 3.05) is 6.61 Å². The fourth-order valence-corrected chi connectivity index (χ4v) is 7.31. The molecule has 196 valence electrons. The highest BCUT2D eigenvalue weighted by molar-refractivity contribution is 9.10. The van der Waals surface area contributed by atoms with Gasteiger partial charge in [-0.25, -0.2) is 0 Å². The van der Waals surface area contributed by atoms with Gasteiger partial charge in [0.1, 0.15) is 17.9 Å². The Hall–Kier alpha value is -2.30. The van der Waals surface area contributed by atoms with Gasteiger partial charge < -0.3 is 4.74 Å². The van der Waals surface area contributed by atoms with Crippen LogP contribution >= 0.6 is 15.9 Å². The van der Waals surface area contributed by atoms with E-state index >= 15 is 0 Å². The lowest BCUT2D eigenvalue weighted by Crippen LogP contribution is -2.44. The number of ether oxygens (including phenoxy) is 1. The van der Waals surface area contributed by atoms with Crippen LogP contribution in [0.5, 0.6) is 5.75 Å². The molecule has 0 aliphatic heterocycles. The largest absolute Gasteiger partial charge is 0.494 e. The van der Waals surface area contributed by atoms with Gasteiger partial charge >= 0.3 is 0 Å². The van der Waals surface area contributed by atoms with Crippen molar-refractivity contribution in [3.05, 3.63) is 62.6 Å². The standard InChI is InChI=1S/C33H41BrN2O/c1-3-5-7-14-32-15-18-33(19-16-32,20-17-32)30-13-11-25(28(23-35)29(30)24-36)8-9-26-10-12-27(22-31(26)34)37-21-6-4-2/h10-13,22H,3-9,14-21H2,1-2H3. The van der Waals surface area contributed by atoms with E-state index in [2.05, 4.69) is 60.1 Å². The highest BCUT2D eigenvalue weighted by Crippen LogP contribution is 2.60. The van der Waals surface area contributed by atoms with Gasteiger partial charge in [-0.15, -0.1) is 0 Å². The SMILES string of the molecule is CCCCCC12CCC(c3ccc(CCc4ccc(OCCCC)cc4Br)c(C#N)c3C#N)(CC1)CC2. The first-order chi connectivity index (χ1) is 18.0. The molecule has 3 saturated carbocycles. The summed E-state index contributed by atoms with van der Waals surface area (Å²) in [6.45, 7) is 5.17. The summed E-state index contributed by atoms with van der Waals surface area (Å²) in [5.74, 6) is 0.881. The summed E-state index contributed by atoms with van der Waals surface area (Å²) in [4.78, 5) is 0. The monoisotopic (exact) mass is 560 g/mol. The van der Waals surface area contributed by atoms with Gasteiger partial charge in [0.25, 0.3) is 0 Å². The van der Waals surface area contributed by atoms with Crippen LogP contribution < -0.4 is 4.74 Å². The molecule has 0 N–H and O–H groups in total. The normalized spacial score (nSPS) is 22.4. The molecule has 0 aromatic heterocycles. The summed E-state index contributed by atoms with van der Waals surface area (Å²) in [5, 5.41) is 20.4. The first kappa shape index (κ1) is 27.7. The van der Waals surface area contributed by atoms with Crippen molar-refractivity contribution in [2.45, 2.75) is 109 Å². The molecule has 0 atom stereocenters. The number of unbranched alkanes of at least 4 members (excludes halogenated alkanes) is 3. The number of aryl methyl sites for hydroxylation is 2. The molecule has 2 aromatic carbocycles. The van der Waals surface area contributed by atoms with E-state index < -0.39 is 0 Å². The lowest BCUT2D eigenvalue weighted by Gasteiger charge is -2.54. The third-order valence-corrected chi connectivity index (χ3v) is 9.99. The summed E-state index contributed by atoms with van der Waals surface area (Å²) < 4.78 is 6.86. The van der Waals surface area contributed by atoms with Crippen molar-refractivity contribution < 1.29 is 4.74 Å². The smallest absolute Gasteiger partial charge is 0.120 e. The Labute approximate surface area is 232 Å². The Kier molecular flexibility index (Phi) is 9.36. The second-order valence-electron chi connectivity index (χ2n) is 11.4. The Morgan fingerprint density at radius 3 is 2.08 bits per heavy atom. The van der Waals surface area contributed by atoms with Gasteiger partial charge in [0.2, 0.25) is 0 Å². The summed E-state index contributed by atoms with van der Waals surface area (Å²) >= 11 is 3.70. The fraction of sp³-hybridized carbons (Fsp3) is 0.576. The van der Waals surface area contributed by atoms with Crippen LogP contribution in [-0.2, 0) is 18.3 Å². The number of benzene rings is 2. The summed E-state index contributed by atoms with van der Waals surface area (Å²) in [5.41, 5.74) is 5.16. The average molecular weight is 562 g/mol. The molecule has 5 rings (SSSR count). The van der Waals surface area contributed by atoms with E-state index in [4.69, 9.17) is 4.74 Å². The predicted octanol–water partition coefficient (Wildman–Crippen LogP) is 9.33. The van der Waals surface area contributed by atoms with Crippen LogP contribution in [0.25, 0.3) is 0 Å². The van der Waals surface area contributed by atoms with E-state index in [1.807, 2.05) is 12.1 Å². The minimum atomic E-state index is 0.0817. The molecule has 0 radical (unpaired) electrons. The molecular weight excluding hydrogens is 520 g/mol. The first-order valence-electron chi connectivity index (χ1n) is 14.4. The lowest BCUT2D eigenvalue weighted by atomic mass is 9.50. The van der Waals surface area contributed by atoms with Gasteiger partial charge in [-0.2, -0.15) is 10.5 Å². The van der Waals surface area contributed by atoms with Crippen molar-refractivity contribution in [1.29, 1.82) is 10.5 Å². The van der Waals surface area contributed by atoms with Crippen molar-refractivity contribution in [2.24, 2.45) is 5.41 Å². The number of nitriles is 2. The van der Waals surface area contributed by atoms with E-state index in [-0.39, 0.29) is 5.41 Å². The second-order valence-corrected chi connectivity index (χ2v) is 12.3. The molecule has 4 heteroatoms. The topological polar surface area (TPSA) is 56.8 Å². The Balaban J connectivity index is 1.49. The van der Waals surface area contributed by atoms with Gasteiger partial charge in [-0.1, -0.05) is 73.7 Å². The fourth-order valence-electron chi connectivity index (χ4n) is 6.76. The Morgan fingerprint density at radius 1 is 0.811 bits per heavy atom. The number of fused-ring (bicyclic) bond motifs is 3. The van der Waals surface area contributed by atoms with Crippen LogP contribution in [-0.4, -0.2) is 6.61 Å². The maximum absolute atomic E-state index is 10.2. The third kappa shape index (κ3) is 6.07. The van der Waals surface area contributed by atoms with Crippen LogP contribution in [0.4, 0.5) is 0 Å². The zero-order chi connectivity index (χ0) is 26.3. The van der Waals surface area contributed by atoms with E-state index in [9.17, 15) is 10.5 Å². The number of nitrogens with zero attached hydrogens (tertiary/aromatic N) is 2. The summed E-state index contributed by atoms with van der Waals surface area (Å²) in [7, 11) is 0. The van der Waals surface area contributed by atoms with Crippen molar-refractivity contribution in [1.82, 2.24) is 0 Å². The van der Waals surface area contributed by atoms with E-state index in [0.29, 0.717) is 16.5 Å². The van der Waals surface area contributed by atoms with Gasteiger partial charge in [0, 0.05) is 4.47 Å². The second kappa shape index (κ2) is 12.5. The Bertz CT molecular complexity index is 1150. The van der Waals surface area contributed by atoms with Crippen molar-refractivity contribution >= 4 is 15.9 Å². The molecule has 3 nitrogen and oxygen atoms in total. The summed E-state index contributed by atoms with van der Waals surface area (Å²) in [6.07, 6.45) is 16.4. The number of halogens is 1. The van der Waals surface area contributed by atoms with Crippen LogP contribution in [0.15, 0.2) is 34.8 Å². The van der Waals surface area contributed by atoms with Gasteiger partial charge in [-0.3, -0.25) is 0 Å². The quantitative estimate of drug-likeness (QED) is 0.243. The maximum atomic E-state index is 10.2. The van der Waals surface area contributed by atoms with Crippen LogP contribution in [0.2, 0.25) is 0 Å². The van der Waals surface area contributed by atoms with Crippen molar-refractivity contribution in [3.8, 4) is 17.9 Å². The molecule has 0 amide bonds. The molecule has 3 aliphatic rings. The summed E-state index contributed by atoms with van der Waals surface area (Å²) in [6, 6.07) is 15.4. The first-order valence-corrected chi connectivity index (χ1v) is 15.2. The predicted molar refractivity (Wildman–Crippen MR) is 154 cm³/mol. The van der Waals surface area contributed by atoms with Gasteiger partial charge in [0.05, 0.1) is 17.7 Å². The van der Waals surface area contributed by atoms with E-state index in [1.54, 1.807) is 0 Å². The van der Waals surface area contributed by atoms with Gasteiger partial charge in [0.15, 0.2) is 0 Å². The number of hydrogen-bond donors (Lipinski definition) is 0. The maximum Gasteiger partial charge on any atom is 0.120 e. The average Bonchev–Trinajstić information content (AvgIpc) is 2.93. The zero-order valence-electron chi connectivity index (χ0n) is 22.7. The van der Waals surface area contributed by atoms with Crippen LogP contribution in [0.3, 0.4) is 0 Å². The molecule has 3 aliphatic carbocycles. The molecule has 3 fully saturated rings. The molecule has 2 bridgehead atoms. The zero-order valence-corrected chi connectivity index (χ0v) is 24.3. The minimum Gasteiger partial charge on any atom is -0.494 e. The molecular formula is C33H41BrN2O. The highest BCUT2D eigenvalue weighted by Gasteiger charge is 2.49.